The van der Waals surface area contributed by atoms with Crippen molar-refractivity contribution in [3.8, 4) is 6.07 Å². The predicted molar refractivity (Wildman–Crippen MR) is 83.5 cm³/mol. The third kappa shape index (κ3) is 3.00. The molecule has 1 aromatic carbocycles. The number of carbonyl (C=O) groups excluding carboxylic acids is 1. The Morgan fingerprint density at radius 2 is 2.04 bits per heavy atom. The van der Waals surface area contributed by atoms with E-state index in [2.05, 4.69) is 15.3 Å². The monoisotopic (exact) mass is 324 g/mol. The molecule has 0 fully saturated rings. The van der Waals surface area contributed by atoms with Crippen molar-refractivity contribution in [2.75, 3.05) is 5.32 Å². The maximum absolute atomic E-state index is 12.2. The molecular formula is C15H8N4O3S. The largest absolute Gasteiger partial charge is 0.478 e. The van der Waals surface area contributed by atoms with Crippen LogP contribution in [0.25, 0.3) is 10.2 Å². The van der Waals surface area contributed by atoms with E-state index in [0.29, 0.717) is 20.9 Å². The van der Waals surface area contributed by atoms with Crippen LogP contribution in [0.15, 0.2) is 36.5 Å². The third-order valence-corrected chi connectivity index (χ3v) is 3.93. The van der Waals surface area contributed by atoms with Crippen molar-refractivity contribution >= 4 is 38.6 Å². The van der Waals surface area contributed by atoms with Crippen LogP contribution in [0.5, 0.6) is 0 Å². The van der Waals surface area contributed by atoms with Crippen LogP contribution in [-0.4, -0.2) is 27.0 Å². The number of aromatic carboxylic acids is 1. The number of pyridine rings is 1. The van der Waals surface area contributed by atoms with Gasteiger partial charge >= 0.3 is 5.97 Å². The van der Waals surface area contributed by atoms with Crippen molar-refractivity contribution in [1.29, 1.82) is 5.26 Å². The number of amides is 1. The maximum Gasteiger partial charge on any atom is 0.335 e. The highest BCUT2D eigenvalue weighted by Gasteiger charge is 2.12. The molecule has 2 aromatic heterocycles. The summed E-state index contributed by atoms with van der Waals surface area (Å²) in [5.74, 6) is -1.44. The number of carboxylic acid groups (broad SMARTS) is 1. The highest BCUT2D eigenvalue weighted by molar-refractivity contribution is 7.22. The molecule has 7 nitrogen and oxygen atoms in total. The summed E-state index contributed by atoms with van der Waals surface area (Å²) in [5.41, 5.74) is 1.20. The third-order valence-electron chi connectivity index (χ3n) is 2.99. The fraction of sp³-hybridized carbons (Fsp3) is 0. The number of carboxylic acids is 1. The topological polar surface area (TPSA) is 116 Å². The summed E-state index contributed by atoms with van der Waals surface area (Å²) in [7, 11) is 0. The van der Waals surface area contributed by atoms with E-state index in [1.165, 1.54) is 41.8 Å². The Labute approximate surface area is 133 Å². The number of hydrogen-bond donors (Lipinski definition) is 2. The highest BCUT2D eigenvalue weighted by atomic mass is 32.1. The van der Waals surface area contributed by atoms with Crippen LogP contribution in [0.3, 0.4) is 0 Å². The Morgan fingerprint density at radius 3 is 2.78 bits per heavy atom. The molecule has 0 atom stereocenters. The Hall–Kier alpha value is -3.31. The number of nitrogens with one attached hydrogen (secondary N) is 1. The molecule has 0 unspecified atom stereocenters. The van der Waals surface area contributed by atoms with Gasteiger partial charge in [0, 0.05) is 11.8 Å². The molecule has 3 aromatic rings. The molecule has 0 aliphatic carbocycles. The molecule has 0 spiro atoms. The SMILES string of the molecule is N#Cc1cc(C(=O)Nc2nc3ccc(C(=O)O)cc3s2)ccn1. The van der Waals surface area contributed by atoms with Gasteiger partial charge in [0.1, 0.15) is 11.8 Å². The van der Waals surface area contributed by atoms with E-state index in [4.69, 9.17) is 10.4 Å². The number of anilines is 1. The van der Waals surface area contributed by atoms with Gasteiger partial charge in [0.2, 0.25) is 0 Å². The second-order valence-corrected chi connectivity index (χ2v) is 5.53. The average molecular weight is 324 g/mol. The number of rotatable bonds is 3. The van der Waals surface area contributed by atoms with Gasteiger partial charge in [-0.1, -0.05) is 11.3 Å². The summed E-state index contributed by atoms with van der Waals surface area (Å²) < 4.78 is 0.660. The number of aromatic nitrogens is 2. The lowest BCUT2D eigenvalue weighted by atomic mass is 10.2. The first-order valence-corrected chi connectivity index (χ1v) is 7.20. The zero-order chi connectivity index (χ0) is 16.4. The zero-order valence-corrected chi connectivity index (χ0v) is 12.3. The minimum atomic E-state index is -1.02. The lowest BCUT2D eigenvalue weighted by molar-refractivity contribution is 0.0697. The van der Waals surface area contributed by atoms with Crippen LogP contribution >= 0.6 is 11.3 Å². The molecule has 0 saturated heterocycles. The Balaban J connectivity index is 1.87. The normalized spacial score (nSPS) is 10.2. The van der Waals surface area contributed by atoms with Gasteiger partial charge in [0.15, 0.2) is 5.13 Å². The first-order valence-electron chi connectivity index (χ1n) is 6.38. The average Bonchev–Trinajstić information content (AvgIpc) is 2.96. The van der Waals surface area contributed by atoms with Crippen LogP contribution in [0.2, 0.25) is 0 Å². The molecular weight excluding hydrogens is 316 g/mol. The zero-order valence-electron chi connectivity index (χ0n) is 11.5. The number of nitrogens with zero attached hydrogens (tertiary/aromatic N) is 3. The number of thiazole rings is 1. The first-order chi connectivity index (χ1) is 11.1. The molecule has 2 heterocycles. The number of nitriles is 1. The van der Waals surface area contributed by atoms with Crippen LogP contribution in [-0.2, 0) is 0 Å². The van der Waals surface area contributed by atoms with E-state index in [-0.39, 0.29) is 11.3 Å². The summed E-state index contributed by atoms with van der Waals surface area (Å²) in [6, 6.07) is 9.29. The van der Waals surface area contributed by atoms with Crippen LogP contribution in [0.4, 0.5) is 5.13 Å². The van der Waals surface area contributed by atoms with Crippen molar-refractivity contribution < 1.29 is 14.7 Å². The van der Waals surface area contributed by atoms with Gasteiger partial charge in [0.05, 0.1) is 15.8 Å². The molecule has 112 valence electrons. The van der Waals surface area contributed by atoms with Crippen molar-refractivity contribution in [3.05, 3.63) is 53.3 Å². The smallest absolute Gasteiger partial charge is 0.335 e. The van der Waals surface area contributed by atoms with Gasteiger partial charge in [-0.05, 0) is 30.3 Å². The van der Waals surface area contributed by atoms with Gasteiger partial charge in [-0.3, -0.25) is 10.1 Å². The Bertz CT molecular complexity index is 974. The molecule has 3 rings (SSSR count). The second kappa shape index (κ2) is 5.82. The van der Waals surface area contributed by atoms with E-state index in [0.717, 1.165) is 0 Å². The molecule has 1 amide bonds. The fourth-order valence-electron chi connectivity index (χ4n) is 1.91. The lowest BCUT2D eigenvalue weighted by Crippen LogP contribution is -2.12. The van der Waals surface area contributed by atoms with Crippen molar-refractivity contribution in [2.45, 2.75) is 0 Å². The van der Waals surface area contributed by atoms with Crippen LogP contribution in [0.1, 0.15) is 26.4 Å². The Kier molecular flexibility index (Phi) is 3.70. The molecule has 0 bridgehead atoms. The number of benzene rings is 1. The molecule has 0 radical (unpaired) electrons. The fourth-order valence-corrected chi connectivity index (χ4v) is 2.81. The minimum absolute atomic E-state index is 0.146. The van der Waals surface area contributed by atoms with E-state index in [1.54, 1.807) is 6.07 Å². The van der Waals surface area contributed by atoms with Crippen molar-refractivity contribution in [1.82, 2.24) is 9.97 Å². The highest BCUT2D eigenvalue weighted by Crippen LogP contribution is 2.27. The van der Waals surface area contributed by atoms with Gasteiger partial charge < -0.3 is 5.11 Å². The van der Waals surface area contributed by atoms with E-state index < -0.39 is 11.9 Å². The van der Waals surface area contributed by atoms with Gasteiger partial charge in [-0.15, -0.1) is 0 Å². The van der Waals surface area contributed by atoms with Crippen LogP contribution < -0.4 is 5.32 Å². The van der Waals surface area contributed by atoms with Gasteiger partial charge in [-0.2, -0.15) is 5.26 Å². The molecule has 8 heteroatoms. The standard InChI is InChI=1S/C15H8N4O3S/c16-7-10-5-8(3-4-17-10)13(20)19-15-18-11-2-1-9(14(21)22)6-12(11)23-15/h1-6H,(H,21,22)(H,18,19,20). The minimum Gasteiger partial charge on any atom is -0.478 e. The van der Waals surface area contributed by atoms with Crippen molar-refractivity contribution in [2.24, 2.45) is 0 Å². The lowest BCUT2D eigenvalue weighted by Gasteiger charge is -2.00. The van der Waals surface area contributed by atoms with Crippen molar-refractivity contribution in [3.63, 3.8) is 0 Å². The Morgan fingerprint density at radius 1 is 1.22 bits per heavy atom. The second-order valence-electron chi connectivity index (χ2n) is 4.50. The van der Waals surface area contributed by atoms with E-state index in [1.807, 2.05) is 6.07 Å². The quantitative estimate of drug-likeness (QED) is 0.764. The summed E-state index contributed by atoms with van der Waals surface area (Å²) in [6.07, 6.45) is 1.38. The summed E-state index contributed by atoms with van der Waals surface area (Å²) in [5, 5.41) is 20.8. The van der Waals surface area contributed by atoms with E-state index in [9.17, 15) is 9.59 Å². The number of fused-ring (bicyclic) bond motifs is 1. The first kappa shape index (κ1) is 14.6. The molecule has 0 aliphatic heterocycles. The predicted octanol–water partition coefficient (Wildman–Crippen LogP) is 2.51. The molecule has 23 heavy (non-hydrogen) atoms. The molecule has 2 N–H and O–H groups in total. The summed E-state index contributed by atoms with van der Waals surface area (Å²) >= 11 is 1.17. The molecule has 0 saturated carbocycles. The number of hydrogen-bond acceptors (Lipinski definition) is 6. The van der Waals surface area contributed by atoms with Gasteiger partial charge in [0.25, 0.3) is 5.91 Å². The molecule has 0 aliphatic rings. The maximum atomic E-state index is 12.2. The summed E-state index contributed by atoms with van der Waals surface area (Å²) in [4.78, 5) is 31.1. The van der Waals surface area contributed by atoms with Crippen LogP contribution in [0, 0.1) is 11.3 Å². The summed E-state index contributed by atoms with van der Waals surface area (Å²) in [6.45, 7) is 0. The van der Waals surface area contributed by atoms with E-state index >= 15 is 0 Å². The van der Waals surface area contributed by atoms with Gasteiger partial charge in [-0.25, -0.2) is 14.8 Å². The number of carbonyl (C=O) groups is 2.